The van der Waals surface area contributed by atoms with Crippen LogP contribution in [0.15, 0.2) is 0 Å². The third kappa shape index (κ3) is 3.17. The standard InChI is InChI=1S/C8H13F3N2O/c1-5(4-8(9,10)11)13-6(14)7(12)2-3-7/h5H,2-4,12H2,1H3,(H,13,14). The molecule has 0 bridgehead atoms. The zero-order valence-corrected chi connectivity index (χ0v) is 7.82. The highest BCUT2D eigenvalue weighted by atomic mass is 19.4. The second-order valence-corrected chi connectivity index (χ2v) is 3.85. The van der Waals surface area contributed by atoms with Gasteiger partial charge in [0.05, 0.1) is 12.0 Å². The van der Waals surface area contributed by atoms with Gasteiger partial charge in [0.25, 0.3) is 0 Å². The van der Waals surface area contributed by atoms with Gasteiger partial charge in [0, 0.05) is 6.04 Å². The molecular weight excluding hydrogens is 197 g/mol. The Hall–Kier alpha value is -0.780. The maximum atomic E-state index is 11.9. The van der Waals surface area contributed by atoms with Crippen LogP contribution in [-0.2, 0) is 4.79 Å². The highest BCUT2D eigenvalue weighted by Gasteiger charge is 2.46. The van der Waals surface area contributed by atoms with Gasteiger partial charge in [0.1, 0.15) is 0 Å². The second-order valence-electron chi connectivity index (χ2n) is 3.85. The number of carbonyl (C=O) groups excluding carboxylic acids is 1. The molecule has 6 heteroatoms. The van der Waals surface area contributed by atoms with Gasteiger partial charge in [0.2, 0.25) is 5.91 Å². The van der Waals surface area contributed by atoms with Crippen molar-refractivity contribution in [1.29, 1.82) is 0 Å². The number of nitrogens with two attached hydrogens (primary N) is 1. The minimum Gasteiger partial charge on any atom is -0.352 e. The first kappa shape index (κ1) is 11.3. The number of hydrogen-bond donors (Lipinski definition) is 2. The van der Waals surface area contributed by atoms with Crippen LogP contribution in [0.5, 0.6) is 0 Å². The summed E-state index contributed by atoms with van der Waals surface area (Å²) in [6.45, 7) is 1.32. The van der Waals surface area contributed by atoms with Gasteiger partial charge in [-0.2, -0.15) is 13.2 Å². The topological polar surface area (TPSA) is 55.1 Å². The number of rotatable bonds is 3. The number of alkyl halides is 3. The first-order valence-electron chi connectivity index (χ1n) is 4.39. The van der Waals surface area contributed by atoms with Crippen molar-refractivity contribution in [3.05, 3.63) is 0 Å². The van der Waals surface area contributed by atoms with Crippen molar-refractivity contribution in [3.63, 3.8) is 0 Å². The Morgan fingerprint density at radius 3 is 2.43 bits per heavy atom. The summed E-state index contributed by atoms with van der Waals surface area (Å²) in [7, 11) is 0. The summed E-state index contributed by atoms with van der Waals surface area (Å²) in [6, 6.07) is -0.913. The number of amides is 1. The van der Waals surface area contributed by atoms with Gasteiger partial charge < -0.3 is 11.1 Å². The van der Waals surface area contributed by atoms with E-state index >= 15 is 0 Å². The molecule has 1 aliphatic carbocycles. The van der Waals surface area contributed by atoms with Crippen molar-refractivity contribution in [1.82, 2.24) is 5.32 Å². The molecule has 1 unspecified atom stereocenters. The third-order valence-electron chi connectivity index (χ3n) is 2.16. The Bertz CT molecular complexity index is 235. The molecule has 0 saturated heterocycles. The number of halogens is 3. The Kier molecular flexibility index (Phi) is 2.76. The summed E-state index contributed by atoms with van der Waals surface area (Å²) in [5.74, 6) is -0.478. The lowest BCUT2D eigenvalue weighted by Gasteiger charge is -2.18. The van der Waals surface area contributed by atoms with E-state index < -0.39 is 30.1 Å². The summed E-state index contributed by atoms with van der Waals surface area (Å²) in [5, 5.41) is 2.25. The van der Waals surface area contributed by atoms with E-state index in [1.54, 1.807) is 0 Å². The van der Waals surface area contributed by atoms with Gasteiger partial charge in [0.15, 0.2) is 0 Å². The molecule has 0 radical (unpaired) electrons. The number of nitrogens with one attached hydrogen (secondary N) is 1. The van der Waals surface area contributed by atoms with Crippen LogP contribution in [0.3, 0.4) is 0 Å². The summed E-state index contributed by atoms with van der Waals surface area (Å²) >= 11 is 0. The Morgan fingerprint density at radius 1 is 1.57 bits per heavy atom. The molecule has 0 aromatic heterocycles. The van der Waals surface area contributed by atoms with Crippen molar-refractivity contribution < 1.29 is 18.0 Å². The van der Waals surface area contributed by atoms with E-state index in [0.717, 1.165) is 0 Å². The maximum Gasteiger partial charge on any atom is 0.391 e. The monoisotopic (exact) mass is 210 g/mol. The average molecular weight is 210 g/mol. The van der Waals surface area contributed by atoms with Gasteiger partial charge in [-0.05, 0) is 19.8 Å². The van der Waals surface area contributed by atoms with Crippen molar-refractivity contribution in [2.45, 2.75) is 43.9 Å². The zero-order chi connectivity index (χ0) is 11.0. The lowest BCUT2D eigenvalue weighted by atomic mass is 10.2. The number of carbonyl (C=O) groups is 1. The van der Waals surface area contributed by atoms with E-state index in [1.165, 1.54) is 6.92 Å². The van der Waals surface area contributed by atoms with E-state index in [0.29, 0.717) is 12.8 Å². The van der Waals surface area contributed by atoms with Gasteiger partial charge in [-0.25, -0.2) is 0 Å². The van der Waals surface area contributed by atoms with Crippen molar-refractivity contribution in [2.24, 2.45) is 5.73 Å². The summed E-state index contributed by atoms with van der Waals surface area (Å²) < 4.78 is 35.7. The SMILES string of the molecule is CC(CC(F)(F)F)NC(=O)C1(N)CC1. The van der Waals surface area contributed by atoms with Crippen LogP contribution >= 0.6 is 0 Å². The molecule has 1 saturated carbocycles. The Balaban J connectivity index is 2.34. The maximum absolute atomic E-state index is 11.9. The average Bonchev–Trinajstić information content (AvgIpc) is 2.64. The van der Waals surface area contributed by atoms with E-state index in [2.05, 4.69) is 5.32 Å². The highest BCUT2D eigenvalue weighted by molar-refractivity contribution is 5.89. The zero-order valence-electron chi connectivity index (χ0n) is 7.82. The molecule has 0 aromatic rings. The molecule has 1 fully saturated rings. The summed E-state index contributed by atoms with van der Waals surface area (Å²) in [4.78, 5) is 11.2. The molecule has 0 spiro atoms. The minimum atomic E-state index is -4.25. The molecule has 1 atom stereocenters. The lowest BCUT2D eigenvalue weighted by molar-refractivity contribution is -0.141. The van der Waals surface area contributed by atoms with Gasteiger partial charge in [-0.15, -0.1) is 0 Å². The normalized spacial score (nSPS) is 21.5. The Labute approximate surface area is 79.8 Å². The fourth-order valence-electron chi connectivity index (χ4n) is 1.13. The van der Waals surface area contributed by atoms with Crippen molar-refractivity contribution >= 4 is 5.91 Å². The first-order chi connectivity index (χ1) is 6.23. The van der Waals surface area contributed by atoms with Gasteiger partial charge >= 0.3 is 6.18 Å². The van der Waals surface area contributed by atoms with E-state index in [-0.39, 0.29) is 0 Å². The molecule has 1 aliphatic rings. The molecule has 3 N–H and O–H groups in total. The Morgan fingerprint density at radius 2 is 2.07 bits per heavy atom. The molecule has 0 heterocycles. The van der Waals surface area contributed by atoms with Crippen LogP contribution in [-0.4, -0.2) is 23.7 Å². The molecule has 0 aliphatic heterocycles. The molecule has 82 valence electrons. The molecular formula is C8H13F3N2O. The summed E-state index contributed by atoms with van der Waals surface area (Å²) in [5.41, 5.74) is 4.61. The molecule has 0 aromatic carbocycles. The first-order valence-corrected chi connectivity index (χ1v) is 4.39. The minimum absolute atomic E-state index is 0.478. The van der Waals surface area contributed by atoms with Crippen LogP contribution in [0.2, 0.25) is 0 Å². The predicted molar refractivity (Wildman–Crippen MR) is 44.4 cm³/mol. The fraction of sp³-hybridized carbons (Fsp3) is 0.875. The van der Waals surface area contributed by atoms with Crippen LogP contribution in [0.1, 0.15) is 26.2 Å². The van der Waals surface area contributed by atoms with Gasteiger partial charge in [-0.1, -0.05) is 0 Å². The van der Waals surface area contributed by atoms with E-state index in [1.807, 2.05) is 0 Å². The second kappa shape index (κ2) is 3.42. The molecule has 14 heavy (non-hydrogen) atoms. The molecule has 1 amide bonds. The van der Waals surface area contributed by atoms with Gasteiger partial charge in [-0.3, -0.25) is 4.79 Å². The van der Waals surface area contributed by atoms with Crippen LogP contribution in [0.4, 0.5) is 13.2 Å². The largest absolute Gasteiger partial charge is 0.391 e. The predicted octanol–water partition coefficient (Wildman–Crippen LogP) is 0.935. The van der Waals surface area contributed by atoms with E-state index in [4.69, 9.17) is 5.73 Å². The van der Waals surface area contributed by atoms with Crippen molar-refractivity contribution in [2.75, 3.05) is 0 Å². The molecule has 3 nitrogen and oxygen atoms in total. The highest BCUT2D eigenvalue weighted by Crippen LogP contribution is 2.32. The van der Waals surface area contributed by atoms with E-state index in [9.17, 15) is 18.0 Å². The van der Waals surface area contributed by atoms with Crippen molar-refractivity contribution in [3.8, 4) is 0 Å². The number of hydrogen-bond acceptors (Lipinski definition) is 2. The van der Waals surface area contributed by atoms with Crippen LogP contribution in [0, 0.1) is 0 Å². The van der Waals surface area contributed by atoms with Crippen LogP contribution < -0.4 is 11.1 Å². The lowest BCUT2D eigenvalue weighted by Crippen LogP contribution is -2.47. The quantitative estimate of drug-likeness (QED) is 0.728. The molecule has 1 rings (SSSR count). The smallest absolute Gasteiger partial charge is 0.352 e. The summed E-state index contributed by atoms with van der Waals surface area (Å²) in [6.07, 6.45) is -4.16. The third-order valence-corrected chi connectivity index (χ3v) is 2.16. The fourth-order valence-corrected chi connectivity index (χ4v) is 1.13. The van der Waals surface area contributed by atoms with Crippen LogP contribution in [0.25, 0.3) is 0 Å².